The topological polar surface area (TPSA) is 67.4 Å². The van der Waals surface area contributed by atoms with Gasteiger partial charge in [-0.15, -0.1) is 0 Å². The summed E-state index contributed by atoms with van der Waals surface area (Å²) in [5.41, 5.74) is 4.88. The third kappa shape index (κ3) is 4.65. The molecule has 0 fully saturated rings. The van der Waals surface area contributed by atoms with E-state index < -0.39 is 15.8 Å². The van der Waals surface area contributed by atoms with Gasteiger partial charge in [-0.25, -0.2) is 17.5 Å². The maximum absolute atomic E-state index is 13.9. The second-order valence-electron chi connectivity index (χ2n) is 8.67. The predicted octanol–water partition coefficient (Wildman–Crippen LogP) is 5.59. The Morgan fingerprint density at radius 1 is 1.03 bits per heavy atom. The lowest BCUT2D eigenvalue weighted by molar-refractivity contribution is 0.413. The predicted molar refractivity (Wildman–Crippen MR) is 130 cm³/mol. The standard InChI is InChI=1S/C26H27FN2O3S/c1-17-15-26(2,3)29-23-13-12-20(21-11-10-18(27)14-24(21)32-4)22(25(17)23)16-28-33(30,31)19-8-6-5-7-9-19/h5-15,28-29H,16H2,1-4H3. The molecule has 0 bridgehead atoms. The van der Waals surface area contributed by atoms with E-state index in [0.717, 1.165) is 28.0 Å². The number of nitrogens with one attached hydrogen (secondary N) is 2. The average Bonchev–Trinajstić information content (AvgIpc) is 2.77. The molecule has 0 atom stereocenters. The fourth-order valence-electron chi connectivity index (χ4n) is 4.37. The molecule has 0 amide bonds. The smallest absolute Gasteiger partial charge is 0.240 e. The molecule has 4 rings (SSSR count). The summed E-state index contributed by atoms with van der Waals surface area (Å²) in [6.45, 7) is 6.23. The zero-order valence-corrected chi connectivity index (χ0v) is 19.9. The summed E-state index contributed by atoms with van der Waals surface area (Å²) in [5, 5.41) is 3.51. The Kier molecular flexibility index (Phi) is 6.03. The van der Waals surface area contributed by atoms with Gasteiger partial charge >= 0.3 is 0 Å². The number of fused-ring (bicyclic) bond motifs is 1. The van der Waals surface area contributed by atoms with E-state index in [0.29, 0.717) is 11.3 Å². The van der Waals surface area contributed by atoms with E-state index in [1.807, 2.05) is 19.1 Å². The van der Waals surface area contributed by atoms with Crippen molar-refractivity contribution in [3.63, 3.8) is 0 Å². The van der Waals surface area contributed by atoms with E-state index in [1.165, 1.54) is 19.2 Å². The van der Waals surface area contributed by atoms with E-state index >= 15 is 0 Å². The lowest BCUT2D eigenvalue weighted by Gasteiger charge is -2.33. The van der Waals surface area contributed by atoms with Crippen LogP contribution in [0.2, 0.25) is 0 Å². The average molecular weight is 467 g/mol. The highest BCUT2D eigenvalue weighted by atomic mass is 32.2. The molecule has 1 aliphatic heterocycles. The van der Waals surface area contributed by atoms with Gasteiger partial charge in [0.15, 0.2) is 0 Å². The minimum atomic E-state index is -3.73. The highest BCUT2D eigenvalue weighted by Gasteiger charge is 2.27. The molecule has 33 heavy (non-hydrogen) atoms. The molecule has 172 valence electrons. The van der Waals surface area contributed by atoms with Gasteiger partial charge in [0.25, 0.3) is 0 Å². The summed E-state index contributed by atoms with van der Waals surface area (Å²) in [6.07, 6.45) is 2.12. The maximum Gasteiger partial charge on any atom is 0.240 e. The Morgan fingerprint density at radius 3 is 2.42 bits per heavy atom. The molecule has 1 aliphatic rings. The van der Waals surface area contributed by atoms with E-state index in [2.05, 4.69) is 30.0 Å². The first-order valence-electron chi connectivity index (χ1n) is 10.6. The largest absolute Gasteiger partial charge is 0.496 e. The number of methoxy groups -OCH3 is 1. The van der Waals surface area contributed by atoms with Gasteiger partial charge < -0.3 is 10.1 Å². The van der Waals surface area contributed by atoms with Gasteiger partial charge in [0.1, 0.15) is 11.6 Å². The summed E-state index contributed by atoms with van der Waals surface area (Å²) >= 11 is 0. The minimum Gasteiger partial charge on any atom is -0.496 e. The summed E-state index contributed by atoms with van der Waals surface area (Å²) in [7, 11) is -2.24. The van der Waals surface area contributed by atoms with Crippen LogP contribution in [0.5, 0.6) is 5.75 Å². The lowest BCUT2D eigenvalue weighted by atomic mass is 9.85. The van der Waals surface area contributed by atoms with Crippen LogP contribution in [0.4, 0.5) is 10.1 Å². The SMILES string of the molecule is COc1cc(F)ccc1-c1ccc2c(c1CNS(=O)(=O)c1ccccc1)C(C)=CC(C)(C)N2. The fraction of sp³-hybridized carbons (Fsp3) is 0.231. The number of sulfonamides is 1. The second-order valence-corrected chi connectivity index (χ2v) is 10.4. The van der Waals surface area contributed by atoms with E-state index in [4.69, 9.17) is 4.74 Å². The summed E-state index contributed by atoms with van der Waals surface area (Å²) in [5.74, 6) is -0.0211. The summed E-state index contributed by atoms with van der Waals surface area (Å²) < 4.78 is 48.0. The van der Waals surface area contributed by atoms with Crippen LogP contribution in [0.1, 0.15) is 31.9 Å². The molecule has 0 unspecified atom stereocenters. The van der Waals surface area contributed by atoms with Crippen LogP contribution >= 0.6 is 0 Å². The monoisotopic (exact) mass is 466 g/mol. The van der Waals surface area contributed by atoms with Crippen molar-refractivity contribution >= 4 is 21.3 Å². The van der Waals surface area contributed by atoms with Crippen molar-refractivity contribution in [2.24, 2.45) is 0 Å². The van der Waals surface area contributed by atoms with E-state index in [1.54, 1.807) is 36.4 Å². The molecule has 0 spiro atoms. The van der Waals surface area contributed by atoms with Crippen molar-refractivity contribution in [3.8, 4) is 16.9 Å². The first kappa shape index (κ1) is 23.0. The summed E-state index contributed by atoms with van der Waals surface area (Å²) in [6, 6.07) is 16.5. The number of ether oxygens (including phenoxy) is 1. The molecule has 0 saturated carbocycles. The Hall–Kier alpha value is -3.16. The van der Waals surface area contributed by atoms with Crippen molar-refractivity contribution in [1.29, 1.82) is 0 Å². The van der Waals surface area contributed by atoms with Gasteiger partial charge in [0.2, 0.25) is 10.0 Å². The van der Waals surface area contributed by atoms with E-state index in [9.17, 15) is 12.8 Å². The van der Waals surface area contributed by atoms with E-state index in [-0.39, 0.29) is 17.0 Å². The van der Waals surface area contributed by atoms with Crippen LogP contribution in [0, 0.1) is 5.82 Å². The zero-order valence-electron chi connectivity index (χ0n) is 19.1. The number of anilines is 1. The van der Waals surface area contributed by atoms with Crippen LogP contribution in [0.25, 0.3) is 16.7 Å². The molecule has 7 heteroatoms. The highest BCUT2D eigenvalue weighted by Crippen LogP contribution is 2.42. The molecular weight excluding hydrogens is 439 g/mol. The van der Waals surface area contributed by atoms with Gasteiger partial charge in [-0.1, -0.05) is 30.3 Å². The summed E-state index contributed by atoms with van der Waals surface area (Å²) in [4.78, 5) is 0.197. The van der Waals surface area contributed by atoms with Gasteiger partial charge in [0, 0.05) is 29.4 Å². The minimum absolute atomic E-state index is 0.0591. The molecular formula is C26H27FN2O3S. The first-order valence-corrected chi connectivity index (χ1v) is 12.1. The van der Waals surface area contributed by atoms with Crippen molar-refractivity contribution < 1.29 is 17.5 Å². The van der Waals surface area contributed by atoms with Gasteiger partial charge in [-0.2, -0.15) is 0 Å². The van der Waals surface area contributed by atoms with Gasteiger partial charge in [-0.05, 0) is 67.8 Å². The van der Waals surface area contributed by atoms with Crippen LogP contribution in [-0.2, 0) is 16.6 Å². The lowest BCUT2D eigenvalue weighted by Crippen LogP contribution is -2.32. The number of allylic oxidation sites excluding steroid dienone is 1. The Morgan fingerprint density at radius 2 is 1.73 bits per heavy atom. The van der Waals surface area contributed by atoms with Crippen LogP contribution < -0.4 is 14.8 Å². The Bertz CT molecular complexity index is 1330. The quantitative estimate of drug-likeness (QED) is 0.497. The molecule has 0 saturated heterocycles. The first-order chi connectivity index (χ1) is 15.6. The van der Waals surface area contributed by atoms with Crippen molar-refractivity contribution in [1.82, 2.24) is 4.72 Å². The zero-order chi connectivity index (χ0) is 23.8. The molecule has 3 aromatic carbocycles. The number of hydrogen-bond donors (Lipinski definition) is 2. The maximum atomic E-state index is 13.9. The molecule has 2 N–H and O–H groups in total. The highest BCUT2D eigenvalue weighted by molar-refractivity contribution is 7.89. The molecule has 0 aromatic heterocycles. The van der Waals surface area contributed by atoms with Crippen molar-refractivity contribution in [3.05, 3.63) is 83.7 Å². The molecule has 0 aliphatic carbocycles. The third-order valence-electron chi connectivity index (χ3n) is 5.69. The number of hydrogen-bond acceptors (Lipinski definition) is 4. The number of rotatable bonds is 6. The van der Waals surface area contributed by atoms with Gasteiger partial charge in [0.05, 0.1) is 17.5 Å². The van der Waals surface area contributed by atoms with Crippen molar-refractivity contribution in [2.45, 2.75) is 37.8 Å². The molecule has 1 heterocycles. The van der Waals surface area contributed by atoms with Gasteiger partial charge in [-0.3, -0.25) is 0 Å². The molecule has 3 aromatic rings. The van der Waals surface area contributed by atoms with Crippen LogP contribution in [0.15, 0.2) is 71.6 Å². The number of benzene rings is 3. The van der Waals surface area contributed by atoms with Crippen LogP contribution in [0.3, 0.4) is 0 Å². The van der Waals surface area contributed by atoms with Crippen LogP contribution in [-0.4, -0.2) is 21.1 Å². The Balaban J connectivity index is 1.86. The molecule has 0 radical (unpaired) electrons. The number of halogens is 1. The third-order valence-corrected chi connectivity index (χ3v) is 7.10. The second kappa shape index (κ2) is 8.65. The van der Waals surface area contributed by atoms with Crippen molar-refractivity contribution in [2.75, 3.05) is 12.4 Å². The molecule has 5 nitrogen and oxygen atoms in total. The normalized spacial score (nSPS) is 14.8. The Labute approximate surface area is 194 Å². The fourth-order valence-corrected chi connectivity index (χ4v) is 5.39.